The van der Waals surface area contributed by atoms with Crippen LogP contribution in [0.25, 0.3) is 11.0 Å². The molecular weight excluding hydrogens is 509 g/mol. The number of halogens is 3. The quantitative estimate of drug-likeness (QED) is 0.296. The number of hydrogen-bond donors (Lipinski definition) is 0. The first-order valence-electron chi connectivity index (χ1n) is 12.7. The molecule has 1 fully saturated rings. The van der Waals surface area contributed by atoms with Crippen molar-refractivity contribution >= 4 is 16.7 Å². The zero-order valence-corrected chi connectivity index (χ0v) is 22.2. The smallest absolute Gasteiger partial charge is 0.416 e. The molecule has 0 saturated carbocycles. The monoisotopic (exact) mass is 540 g/mol. The Morgan fingerprint density at radius 1 is 0.795 bits per heavy atom. The fourth-order valence-corrected chi connectivity index (χ4v) is 5.06. The molecule has 2 heterocycles. The second-order valence-electron chi connectivity index (χ2n) is 9.44. The third-order valence-corrected chi connectivity index (χ3v) is 7.10. The van der Waals surface area contributed by atoms with E-state index in [1.807, 2.05) is 30.3 Å². The minimum atomic E-state index is -4.33. The second kappa shape index (κ2) is 11.1. The number of piperazine rings is 1. The molecule has 0 radical (unpaired) electrons. The number of anilines is 1. The van der Waals surface area contributed by atoms with E-state index in [-0.39, 0.29) is 0 Å². The van der Waals surface area contributed by atoms with Gasteiger partial charge in [-0.3, -0.25) is 4.90 Å². The van der Waals surface area contributed by atoms with Crippen molar-refractivity contribution in [2.75, 3.05) is 52.4 Å². The number of ether oxygens (including phenoxy) is 3. The Labute approximate surface area is 225 Å². The zero-order valence-electron chi connectivity index (χ0n) is 22.2. The summed E-state index contributed by atoms with van der Waals surface area (Å²) < 4.78 is 57.6. The number of nitrogens with zero attached hydrogens (tertiary/aromatic N) is 4. The summed E-state index contributed by atoms with van der Waals surface area (Å²) in [7, 11) is 4.78. The number of para-hydroxylation sites is 2. The first kappa shape index (κ1) is 26.7. The van der Waals surface area contributed by atoms with Crippen molar-refractivity contribution in [3.05, 3.63) is 77.6 Å². The first-order chi connectivity index (χ1) is 18.8. The van der Waals surface area contributed by atoms with Gasteiger partial charge in [-0.2, -0.15) is 13.2 Å². The molecule has 0 N–H and O–H groups in total. The van der Waals surface area contributed by atoms with Crippen molar-refractivity contribution in [2.24, 2.45) is 0 Å². The van der Waals surface area contributed by atoms with Gasteiger partial charge in [-0.25, -0.2) is 4.98 Å². The minimum absolute atomic E-state index is 0.547. The SMILES string of the molecule is COc1cc(Cn2c(CN3CCN(c4ccc(C(F)(F)F)cc4)CC3)nc3ccccc32)cc(OC)c1OC. The summed E-state index contributed by atoms with van der Waals surface area (Å²) >= 11 is 0. The van der Waals surface area contributed by atoms with Gasteiger partial charge in [-0.05, 0) is 54.1 Å². The highest BCUT2D eigenvalue weighted by Crippen LogP contribution is 2.38. The van der Waals surface area contributed by atoms with E-state index in [4.69, 9.17) is 19.2 Å². The molecule has 0 atom stereocenters. The van der Waals surface area contributed by atoms with Crippen LogP contribution in [0.5, 0.6) is 17.2 Å². The first-order valence-corrected chi connectivity index (χ1v) is 12.7. The lowest BCUT2D eigenvalue weighted by molar-refractivity contribution is -0.137. The van der Waals surface area contributed by atoms with Crippen molar-refractivity contribution in [3.63, 3.8) is 0 Å². The Morgan fingerprint density at radius 2 is 1.44 bits per heavy atom. The molecule has 39 heavy (non-hydrogen) atoms. The van der Waals surface area contributed by atoms with Gasteiger partial charge in [0, 0.05) is 38.4 Å². The number of aromatic nitrogens is 2. The lowest BCUT2D eigenvalue weighted by Crippen LogP contribution is -2.46. The molecule has 5 rings (SSSR count). The van der Waals surface area contributed by atoms with Gasteiger partial charge >= 0.3 is 6.18 Å². The van der Waals surface area contributed by atoms with E-state index in [0.29, 0.717) is 30.3 Å². The molecule has 206 valence electrons. The van der Waals surface area contributed by atoms with Crippen LogP contribution in [0.15, 0.2) is 60.7 Å². The number of imidazole rings is 1. The van der Waals surface area contributed by atoms with E-state index in [1.54, 1.807) is 33.5 Å². The predicted molar refractivity (Wildman–Crippen MR) is 144 cm³/mol. The van der Waals surface area contributed by atoms with E-state index < -0.39 is 11.7 Å². The van der Waals surface area contributed by atoms with Crippen molar-refractivity contribution in [3.8, 4) is 17.2 Å². The summed E-state index contributed by atoms with van der Waals surface area (Å²) in [6, 6.07) is 17.3. The third-order valence-electron chi connectivity index (χ3n) is 7.10. The molecule has 0 spiro atoms. The Balaban J connectivity index is 1.34. The molecule has 4 aromatic rings. The highest BCUT2D eigenvalue weighted by atomic mass is 19.4. The van der Waals surface area contributed by atoms with Gasteiger partial charge < -0.3 is 23.7 Å². The van der Waals surface area contributed by atoms with Gasteiger partial charge in [-0.15, -0.1) is 0 Å². The third kappa shape index (κ3) is 5.61. The van der Waals surface area contributed by atoms with Gasteiger partial charge in [-0.1, -0.05) is 12.1 Å². The van der Waals surface area contributed by atoms with Crippen LogP contribution in [0.1, 0.15) is 17.0 Å². The van der Waals surface area contributed by atoms with E-state index in [9.17, 15) is 13.2 Å². The Hall–Kier alpha value is -3.92. The molecule has 0 amide bonds. The summed E-state index contributed by atoms with van der Waals surface area (Å²) in [5.74, 6) is 2.67. The lowest BCUT2D eigenvalue weighted by Gasteiger charge is -2.36. The average Bonchev–Trinajstić information content (AvgIpc) is 3.28. The van der Waals surface area contributed by atoms with E-state index in [2.05, 4.69) is 20.4 Å². The maximum absolute atomic E-state index is 12.9. The molecule has 0 bridgehead atoms. The van der Waals surface area contributed by atoms with E-state index >= 15 is 0 Å². The molecular formula is C29H31F3N4O3. The molecule has 1 aliphatic rings. The Morgan fingerprint density at radius 3 is 2.03 bits per heavy atom. The van der Waals surface area contributed by atoms with Crippen LogP contribution in [-0.2, 0) is 19.3 Å². The van der Waals surface area contributed by atoms with Gasteiger partial charge in [0.2, 0.25) is 5.75 Å². The standard InChI is InChI=1S/C29H31F3N4O3/c1-37-25-16-20(17-26(38-2)28(25)39-3)18-36-24-7-5-4-6-23(24)33-27(36)19-34-12-14-35(15-13-34)22-10-8-21(9-11-22)29(30,31)32/h4-11,16-17H,12-15,18-19H2,1-3H3. The molecule has 7 nitrogen and oxygen atoms in total. The number of benzene rings is 3. The highest BCUT2D eigenvalue weighted by Gasteiger charge is 2.30. The number of fused-ring (bicyclic) bond motifs is 1. The van der Waals surface area contributed by atoms with E-state index in [0.717, 1.165) is 66.4 Å². The fourth-order valence-electron chi connectivity index (χ4n) is 5.06. The lowest BCUT2D eigenvalue weighted by atomic mass is 10.1. The second-order valence-corrected chi connectivity index (χ2v) is 9.44. The minimum Gasteiger partial charge on any atom is -0.493 e. The van der Waals surface area contributed by atoms with Crippen LogP contribution >= 0.6 is 0 Å². The van der Waals surface area contributed by atoms with Crippen molar-refractivity contribution in [1.82, 2.24) is 14.5 Å². The highest BCUT2D eigenvalue weighted by molar-refractivity contribution is 5.76. The van der Waals surface area contributed by atoms with Gasteiger partial charge in [0.05, 0.1) is 44.5 Å². The largest absolute Gasteiger partial charge is 0.493 e. The number of alkyl halides is 3. The van der Waals surface area contributed by atoms with Crippen LogP contribution in [0.2, 0.25) is 0 Å². The van der Waals surface area contributed by atoms with Crippen LogP contribution in [0, 0.1) is 0 Å². The normalized spacial score (nSPS) is 14.6. The molecule has 0 aliphatic carbocycles. The summed E-state index contributed by atoms with van der Waals surface area (Å²) in [6.07, 6.45) is -4.33. The average molecular weight is 541 g/mol. The topological polar surface area (TPSA) is 52.0 Å². The van der Waals surface area contributed by atoms with Crippen LogP contribution in [0.3, 0.4) is 0 Å². The summed E-state index contributed by atoms with van der Waals surface area (Å²) in [6.45, 7) is 4.21. The molecule has 0 unspecified atom stereocenters. The number of hydrogen-bond acceptors (Lipinski definition) is 6. The molecule has 10 heteroatoms. The van der Waals surface area contributed by atoms with Gasteiger partial charge in [0.15, 0.2) is 11.5 Å². The van der Waals surface area contributed by atoms with Crippen molar-refractivity contribution in [1.29, 1.82) is 0 Å². The molecule has 3 aromatic carbocycles. The zero-order chi connectivity index (χ0) is 27.6. The molecule has 1 saturated heterocycles. The number of rotatable bonds is 8. The predicted octanol–water partition coefficient (Wildman–Crippen LogP) is 5.45. The summed E-state index contributed by atoms with van der Waals surface area (Å²) in [4.78, 5) is 9.39. The van der Waals surface area contributed by atoms with Gasteiger partial charge in [0.25, 0.3) is 0 Å². The van der Waals surface area contributed by atoms with Gasteiger partial charge in [0.1, 0.15) is 5.82 Å². The Bertz CT molecular complexity index is 1400. The number of methoxy groups -OCH3 is 3. The van der Waals surface area contributed by atoms with Crippen molar-refractivity contribution in [2.45, 2.75) is 19.3 Å². The summed E-state index contributed by atoms with van der Waals surface area (Å²) in [5.41, 5.74) is 3.11. The van der Waals surface area contributed by atoms with Crippen LogP contribution in [0.4, 0.5) is 18.9 Å². The summed E-state index contributed by atoms with van der Waals surface area (Å²) in [5, 5.41) is 0. The van der Waals surface area contributed by atoms with Crippen molar-refractivity contribution < 1.29 is 27.4 Å². The molecule has 1 aromatic heterocycles. The van der Waals surface area contributed by atoms with Crippen LogP contribution in [-0.4, -0.2) is 62.0 Å². The van der Waals surface area contributed by atoms with Crippen LogP contribution < -0.4 is 19.1 Å². The van der Waals surface area contributed by atoms with E-state index in [1.165, 1.54) is 0 Å². The molecule has 1 aliphatic heterocycles. The maximum Gasteiger partial charge on any atom is 0.416 e. The Kier molecular flexibility index (Phi) is 7.56. The maximum atomic E-state index is 12.9. The fraction of sp³-hybridized carbons (Fsp3) is 0.345.